The number of likely N-dealkylation sites (tertiary alicyclic amines) is 1. The molecule has 146 valence electrons. The maximum Gasteiger partial charge on any atom is 0.222 e. The maximum absolute atomic E-state index is 12.6. The third-order valence-electron chi connectivity index (χ3n) is 6.02. The van der Waals surface area contributed by atoms with Gasteiger partial charge in [-0.15, -0.1) is 0 Å². The Balaban J connectivity index is 1.27. The predicted octanol–water partition coefficient (Wildman–Crippen LogP) is 1.46. The molecular formula is C19H24N8O. The average molecular weight is 380 g/mol. The summed E-state index contributed by atoms with van der Waals surface area (Å²) in [5.74, 6) is 1.70. The molecule has 1 amide bonds. The molecule has 0 radical (unpaired) electrons. The van der Waals surface area contributed by atoms with Crippen molar-refractivity contribution in [3.8, 4) is 0 Å². The first-order valence-electron chi connectivity index (χ1n) is 9.94. The quantitative estimate of drug-likeness (QED) is 0.720. The van der Waals surface area contributed by atoms with Crippen LogP contribution in [0.4, 0.5) is 5.82 Å². The third-order valence-corrected chi connectivity index (χ3v) is 6.02. The number of nitrogens with zero attached hydrogens (tertiary/aromatic N) is 7. The molecule has 3 aromatic rings. The minimum atomic E-state index is 0.304. The second-order valence-corrected chi connectivity index (χ2v) is 7.64. The lowest BCUT2D eigenvalue weighted by Gasteiger charge is -2.47. The summed E-state index contributed by atoms with van der Waals surface area (Å²) in [6.07, 6.45) is 12.4. The summed E-state index contributed by atoms with van der Waals surface area (Å²) in [5, 5.41) is 0. The number of carbonyl (C=O) groups excluding carboxylic acids is 1. The highest BCUT2D eigenvalue weighted by molar-refractivity contribution is 5.83. The van der Waals surface area contributed by atoms with Crippen molar-refractivity contribution in [2.45, 2.75) is 38.3 Å². The zero-order chi connectivity index (χ0) is 18.9. The molecule has 0 unspecified atom stereocenters. The minimum Gasteiger partial charge on any atom is -0.354 e. The molecular weight excluding hydrogens is 356 g/mol. The molecule has 1 N–H and O–H groups in total. The molecule has 0 spiro atoms. The van der Waals surface area contributed by atoms with Crippen LogP contribution < -0.4 is 4.90 Å². The lowest BCUT2D eigenvalue weighted by Crippen LogP contribution is -2.56. The Morgan fingerprint density at radius 1 is 1.18 bits per heavy atom. The van der Waals surface area contributed by atoms with Crippen LogP contribution in [0, 0.1) is 5.92 Å². The van der Waals surface area contributed by atoms with Crippen LogP contribution >= 0.6 is 0 Å². The summed E-state index contributed by atoms with van der Waals surface area (Å²) in [6, 6.07) is 0.333. The molecule has 5 heterocycles. The van der Waals surface area contributed by atoms with Crippen molar-refractivity contribution in [3.05, 3.63) is 31.4 Å². The Bertz CT molecular complexity index is 952. The van der Waals surface area contributed by atoms with Crippen LogP contribution in [0.25, 0.3) is 11.2 Å². The smallest absolute Gasteiger partial charge is 0.222 e. The van der Waals surface area contributed by atoms with Gasteiger partial charge in [0.15, 0.2) is 11.5 Å². The summed E-state index contributed by atoms with van der Waals surface area (Å²) < 4.78 is 2.07. The molecule has 0 aromatic carbocycles. The van der Waals surface area contributed by atoms with E-state index >= 15 is 0 Å². The number of hydrogen-bond donors (Lipinski definition) is 1. The van der Waals surface area contributed by atoms with Crippen LogP contribution in [0.15, 0.2) is 31.4 Å². The van der Waals surface area contributed by atoms with Crippen molar-refractivity contribution < 1.29 is 4.79 Å². The van der Waals surface area contributed by atoms with E-state index in [0.29, 0.717) is 29.9 Å². The molecule has 0 saturated carbocycles. The van der Waals surface area contributed by atoms with Gasteiger partial charge in [0.25, 0.3) is 0 Å². The van der Waals surface area contributed by atoms with E-state index in [0.717, 1.165) is 56.8 Å². The first kappa shape index (κ1) is 17.2. The van der Waals surface area contributed by atoms with Gasteiger partial charge in [0.1, 0.15) is 11.8 Å². The van der Waals surface area contributed by atoms with Crippen LogP contribution in [-0.4, -0.2) is 66.0 Å². The van der Waals surface area contributed by atoms with Gasteiger partial charge in [-0.1, -0.05) is 0 Å². The van der Waals surface area contributed by atoms with Gasteiger partial charge in [-0.05, 0) is 25.2 Å². The second-order valence-electron chi connectivity index (χ2n) is 7.64. The van der Waals surface area contributed by atoms with Crippen LogP contribution in [-0.2, 0) is 11.3 Å². The number of imidazole rings is 2. The molecule has 9 heteroatoms. The Morgan fingerprint density at radius 3 is 3.04 bits per heavy atom. The van der Waals surface area contributed by atoms with Gasteiger partial charge < -0.3 is 19.4 Å². The van der Waals surface area contributed by atoms with Crippen molar-refractivity contribution in [3.63, 3.8) is 0 Å². The van der Waals surface area contributed by atoms with Gasteiger partial charge in [-0.25, -0.2) is 19.9 Å². The van der Waals surface area contributed by atoms with E-state index in [1.807, 2.05) is 12.5 Å². The summed E-state index contributed by atoms with van der Waals surface area (Å²) in [6.45, 7) is 3.52. The van der Waals surface area contributed by atoms with Crippen LogP contribution in [0.3, 0.4) is 0 Å². The number of nitrogens with one attached hydrogen (secondary N) is 1. The normalized spacial score (nSPS) is 22.6. The van der Waals surface area contributed by atoms with Crippen molar-refractivity contribution in [2.24, 2.45) is 5.92 Å². The first-order valence-corrected chi connectivity index (χ1v) is 9.94. The number of rotatable bonds is 5. The third kappa shape index (κ3) is 3.10. The van der Waals surface area contributed by atoms with E-state index in [1.54, 1.807) is 18.9 Å². The number of amides is 1. The van der Waals surface area contributed by atoms with Crippen molar-refractivity contribution >= 4 is 22.9 Å². The van der Waals surface area contributed by atoms with Crippen molar-refractivity contribution in [1.29, 1.82) is 0 Å². The van der Waals surface area contributed by atoms with Crippen LogP contribution in [0.1, 0.15) is 25.7 Å². The number of fused-ring (bicyclic) bond motifs is 2. The number of aryl methyl sites for hydroxylation is 1. The van der Waals surface area contributed by atoms with E-state index < -0.39 is 0 Å². The van der Waals surface area contributed by atoms with Crippen molar-refractivity contribution in [1.82, 2.24) is 34.4 Å². The van der Waals surface area contributed by atoms with E-state index in [2.05, 4.69) is 39.3 Å². The number of carbonyl (C=O) groups is 1. The summed E-state index contributed by atoms with van der Waals surface area (Å²) >= 11 is 0. The fraction of sp³-hybridized carbons (Fsp3) is 0.526. The number of H-pyrrole nitrogens is 1. The molecule has 2 fully saturated rings. The molecule has 0 aliphatic carbocycles. The number of aromatic amines is 1. The fourth-order valence-electron chi connectivity index (χ4n) is 4.67. The number of piperidine rings is 2. The van der Waals surface area contributed by atoms with E-state index in [-0.39, 0.29) is 0 Å². The molecule has 3 aromatic heterocycles. The van der Waals surface area contributed by atoms with Gasteiger partial charge in [0, 0.05) is 51.0 Å². The summed E-state index contributed by atoms with van der Waals surface area (Å²) in [5.41, 5.74) is 1.59. The standard InChI is InChI=1S/C19H24N8O/c28-16-3-2-14-10-26(19-17-18(22-11-21-17)23-12-24-19)8-4-15(14)27(16)7-1-6-25-9-5-20-13-25/h5,9,11-15H,1-4,6-8,10H2,(H,21,22,23,24)/t14-,15+/m1/s1. The zero-order valence-corrected chi connectivity index (χ0v) is 15.7. The zero-order valence-electron chi connectivity index (χ0n) is 15.7. The van der Waals surface area contributed by atoms with Gasteiger partial charge in [0.05, 0.1) is 12.7 Å². The lowest BCUT2D eigenvalue weighted by molar-refractivity contribution is -0.139. The van der Waals surface area contributed by atoms with Gasteiger partial charge >= 0.3 is 0 Å². The van der Waals surface area contributed by atoms with Gasteiger partial charge in [-0.2, -0.15) is 0 Å². The lowest BCUT2D eigenvalue weighted by atomic mass is 9.83. The SMILES string of the molecule is O=C1CC[C@@H]2CN(c3ncnc4nc[nH]c34)CC[C@@H]2N1CCCn1ccnc1. The highest BCUT2D eigenvalue weighted by Gasteiger charge is 2.39. The average Bonchev–Trinajstić information content (AvgIpc) is 3.40. The molecule has 2 atom stereocenters. The topological polar surface area (TPSA) is 95.8 Å². The van der Waals surface area contributed by atoms with E-state index in [1.165, 1.54) is 0 Å². The van der Waals surface area contributed by atoms with Gasteiger partial charge in [0.2, 0.25) is 5.91 Å². The first-order chi connectivity index (χ1) is 13.8. The summed E-state index contributed by atoms with van der Waals surface area (Å²) in [4.78, 5) is 37.3. The molecule has 0 bridgehead atoms. The van der Waals surface area contributed by atoms with E-state index in [9.17, 15) is 4.79 Å². The Hall–Kier alpha value is -2.97. The number of anilines is 1. The Kier molecular flexibility index (Phi) is 4.42. The second kappa shape index (κ2) is 7.21. The Labute approximate surface area is 162 Å². The highest BCUT2D eigenvalue weighted by Crippen LogP contribution is 2.34. The Morgan fingerprint density at radius 2 is 2.14 bits per heavy atom. The fourth-order valence-corrected chi connectivity index (χ4v) is 4.67. The molecule has 2 aliphatic rings. The van der Waals surface area contributed by atoms with Gasteiger partial charge in [-0.3, -0.25) is 4.79 Å². The molecule has 2 aliphatic heterocycles. The predicted molar refractivity (Wildman–Crippen MR) is 104 cm³/mol. The highest BCUT2D eigenvalue weighted by atomic mass is 16.2. The van der Waals surface area contributed by atoms with Crippen LogP contribution in [0.2, 0.25) is 0 Å². The molecule has 9 nitrogen and oxygen atoms in total. The summed E-state index contributed by atoms with van der Waals surface area (Å²) in [7, 11) is 0. The van der Waals surface area contributed by atoms with E-state index in [4.69, 9.17) is 0 Å². The van der Waals surface area contributed by atoms with Crippen LogP contribution in [0.5, 0.6) is 0 Å². The molecule has 5 rings (SSSR count). The number of hydrogen-bond acceptors (Lipinski definition) is 6. The van der Waals surface area contributed by atoms with Crippen molar-refractivity contribution in [2.75, 3.05) is 24.5 Å². The largest absolute Gasteiger partial charge is 0.354 e. The minimum absolute atomic E-state index is 0.304. The maximum atomic E-state index is 12.6. The molecule has 2 saturated heterocycles. The monoisotopic (exact) mass is 380 g/mol. The number of aromatic nitrogens is 6. The molecule has 28 heavy (non-hydrogen) atoms.